The number of amides is 1. The summed E-state index contributed by atoms with van der Waals surface area (Å²) in [7, 11) is 0. The van der Waals surface area contributed by atoms with Crippen LogP contribution in [0.1, 0.15) is 73.3 Å². The van der Waals surface area contributed by atoms with Crippen molar-refractivity contribution >= 4 is 17.2 Å². The molecular formula is C17H27N3OS. The topological polar surface area (TPSA) is 54.0 Å². The zero-order valence-electron chi connectivity index (χ0n) is 13.4. The van der Waals surface area contributed by atoms with E-state index in [2.05, 4.69) is 22.5 Å². The summed E-state index contributed by atoms with van der Waals surface area (Å²) in [6.45, 7) is 4.24. The summed E-state index contributed by atoms with van der Waals surface area (Å²) in [5.41, 5.74) is 0.605. The molecule has 0 spiro atoms. The molecule has 2 heterocycles. The lowest BCUT2D eigenvalue weighted by molar-refractivity contribution is 0.0914. The van der Waals surface area contributed by atoms with Gasteiger partial charge >= 0.3 is 0 Å². The van der Waals surface area contributed by atoms with Crippen LogP contribution in [0.2, 0.25) is 0 Å². The molecule has 0 aromatic carbocycles. The van der Waals surface area contributed by atoms with Crippen molar-refractivity contribution in [2.24, 2.45) is 5.92 Å². The molecule has 4 nitrogen and oxygen atoms in total. The first-order valence-electron chi connectivity index (χ1n) is 8.71. The first kappa shape index (κ1) is 15.9. The Morgan fingerprint density at radius 3 is 2.86 bits per heavy atom. The Hall–Kier alpha value is -0.940. The van der Waals surface area contributed by atoms with E-state index in [0.717, 1.165) is 18.1 Å². The van der Waals surface area contributed by atoms with Gasteiger partial charge in [0.25, 0.3) is 5.91 Å². The van der Waals surface area contributed by atoms with Gasteiger partial charge in [0.1, 0.15) is 5.69 Å². The largest absolute Gasteiger partial charge is 0.348 e. The monoisotopic (exact) mass is 321 g/mol. The number of hydrogen-bond acceptors (Lipinski definition) is 4. The predicted molar refractivity (Wildman–Crippen MR) is 90.5 cm³/mol. The van der Waals surface area contributed by atoms with Gasteiger partial charge in [0.15, 0.2) is 0 Å². The molecule has 1 aliphatic heterocycles. The number of thiazole rings is 1. The molecule has 22 heavy (non-hydrogen) atoms. The Bertz CT molecular complexity index is 490. The fourth-order valence-corrected chi connectivity index (χ4v) is 4.61. The highest BCUT2D eigenvalue weighted by atomic mass is 32.1. The Kier molecular flexibility index (Phi) is 5.47. The van der Waals surface area contributed by atoms with Gasteiger partial charge in [-0.25, -0.2) is 4.98 Å². The third kappa shape index (κ3) is 3.87. The van der Waals surface area contributed by atoms with Gasteiger partial charge in [-0.3, -0.25) is 4.79 Å². The van der Waals surface area contributed by atoms with E-state index in [-0.39, 0.29) is 11.9 Å². The van der Waals surface area contributed by atoms with Crippen LogP contribution in [-0.2, 0) is 0 Å². The molecule has 1 aliphatic carbocycles. The quantitative estimate of drug-likeness (QED) is 0.894. The predicted octanol–water partition coefficient (Wildman–Crippen LogP) is 3.31. The van der Waals surface area contributed by atoms with Gasteiger partial charge in [-0.1, -0.05) is 19.3 Å². The van der Waals surface area contributed by atoms with Crippen molar-refractivity contribution in [3.63, 3.8) is 0 Å². The number of nitrogens with one attached hydrogen (secondary N) is 2. The Balaban J connectivity index is 1.56. The van der Waals surface area contributed by atoms with Gasteiger partial charge in [-0.05, 0) is 45.1 Å². The normalized spacial score (nSPS) is 24.9. The van der Waals surface area contributed by atoms with E-state index in [1.54, 1.807) is 11.3 Å². The van der Waals surface area contributed by atoms with Crippen LogP contribution in [0.4, 0.5) is 0 Å². The van der Waals surface area contributed by atoms with Crippen LogP contribution in [0.15, 0.2) is 5.38 Å². The van der Waals surface area contributed by atoms with Gasteiger partial charge < -0.3 is 10.6 Å². The average Bonchev–Trinajstić information content (AvgIpc) is 3.06. The summed E-state index contributed by atoms with van der Waals surface area (Å²) in [6.07, 6.45) is 8.84. The van der Waals surface area contributed by atoms with Crippen LogP contribution in [0.5, 0.6) is 0 Å². The fraction of sp³-hybridized carbons (Fsp3) is 0.765. The summed E-state index contributed by atoms with van der Waals surface area (Å²) < 4.78 is 0. The first-order chi connectivity index (χ1) is 10.7. The Morgan fingerprint density at radius 2 is 2.14 bits per heavy atom. The van der Waals surface area contributed by atoms with Crippen molar-refractivity contribution in [3.05, 3.63) is 16.1 Å². The highest BCUT2D eigenvalue weighted by Crippen LogP contribution is 2.28. The van der Waals surface area contributed by atoms with E-state index < -0.39 is 0 Å². The maximum Gasteiger partial charge on any atom is 0.270 e. The van der Waals surface area contributed by atoms with Crippen molar-refractivity contribution in [2.45, 2.75) is 63.8 Å². The standard InChI is InChI=1S/C17H27N3OS/c1-12(13-6-3-2-4-7-13)19-16(21)15-11-22-17(20-15)14-8-5-9-18-10-14/h11-14,18H,2-10H2,1H3,(H,19,21). The van der Waals surface area contributed by atoms with Crippen molar-refractivity contribution < 1.29 is 4.79 Å². The summed E-state index contributed by atoms with van der Waals surface area (Å²) in [6, 6.07) is 0.259. The molecule has 0 bridgehead atoms. The lowest BCUT2D eigenvalue weighted by Gasteiger charge is -2.28. The molecule has 2 N–H and O–H groups in total. The van der Waals surface area contributed by atoms with Crippen LogP contribution < -0.4 is 10.6 Å². The van der Waals surface area contributed by atoms with E-state index in [0.29, 0.717) is 17.5 Å². The number of aromatic nitrogens is 1. The van der Waals surface area contributed by atoms with Gasteiger partial charge in [0, 0.05) is 23.9 Å². The van der Waals surface area contributed by atoms with Crippen molar-refractivity contribution in [2.75, 3.05) is 13.1 Å². The molecule has 5 heteroatoms. The van der Waals surface area contributed by atoms with E-state index in [1.165, 1.54) is 44.9 Å². The number of piperidine rings is 1. The van der Waals surface area contributed by atoms with Crippen LogP contribution in [0.25, 0.3) is 0 Å². The first-order valence-corrected chi connectivity index (χ1v) is 9.59. The lowest BCUT2D eigenvalue weighted by atomic mass is 9.84. The van der Waals surface area contributed by atoms with Crippen LogP contribution in [0.3, 0.4) is 0 Å². The number of nitrogens with zero attached hydrogens (tertiary/aromatic N) is 1. The second-order valence-corrected chi connectivity index (χ2v) is 7.66. The Morgan fingerprint density at radius 1 is 1.32 bits per heavy atom. The zero-order valence-corrected chi connectivity index (χ0v) is 14.3. The summed E-state index contributed by atoms with van der Waals surface area (Å²) in [5.74, 6) is 1.12. The summed E-state index contributed by atoms with van der Waals surface area (Å²) in [4.78, 5) is 17.0. The van der Waals surface area contributed by atoms with E-state index in [9.17, 15) is 4.79 Å². The minimum Gasteiger partial charge on any atom is -0.348 e. The van der Waals surface area contributed by atoms with Crippen molar-refractivity contribution in [1.29, 1.82) is 0 Å². The smallest absolute Gasteiger partial charge is 0.270 e. The molecule has 0 radical (unpaired) electrons. The molecule has 1 saturated heterocycles. The maximum atomic E-state index is 12.4. The molecule has 2 fully saturated rings. The molecule has 2 aliphatic rings. The van der Waals surface area contributed by atoms with Gasteiger partial charge in [-0.2, -0.15) is 0 Å². The highest BCUT2D eigenvalue weighted by molar-refractivity contribution is 7.09. The number of carbonyl (C=O) groups excluding carboxylic acids is 1. The molecule has 1 amide bonds. The molecular weight excluding hydrogens is 294 g/mol. The SMILES string of the molecule is CC(NC(=O)c1csc(C2CCCNC2)n1)C1CCCCC1. The van der Waals surface area contributed by atoms with Crippen LogP contribution in [-0.4, -0.2) is 30.0 Å². The minimum atomic E-state index is 0.00402. The zero-order chi connectivity index (χ0) is 15.4. The molecule has 122 valence electrons. The number of carbonyl (C=O) groups is 1. The number of rotatable bonds is 4. The highest BCUT2D eigenvalue weighted by Gasteiger charge is 2.24. The molecule has 3 rings (SSSR count). The molecule has 2 atom stereocenters. The molecule has 1 aromatic rings. The number of hydrogen-bond donors (Lipinski definition) is 2. The van der Waals surface area contributed by atoms with Crippen molar-refractivity contribution in [1.82, 2.24) is 15.6 Å². The lowest BCUT2D eigenvalue weighted by Crippen LogP contribution is -2.39. The maximum absolute atomic E-state index is 12.4. The second-order valence-electron chi connectivity index (χ2n) is 6.77. The molecule has 1 aromatic heterocycles. The van der Waals surface area contributed by atoms with Gasteiger partial charge in [-0.15, -0.1) is 11.3 Å². The fourth-order valence-electron chi connectivity index (χ4n) is 3.67. The van der Waals surface area contributed by atoms with Gasteiger partial charge in [0.05, 0.1) is 5.01 Å². The molecule has 1 saturated carbocycles. The van der Waals surface area contributed by atoms with E-state index in [4.69, 9.17) is 0 Å². The van der Waals surface area contributed by atoms with E-state index in [1.807, 2.05) is 5.38 Å². The van der Waals surface area contributed by atoms with Crippen LogP contribution >= 0.6 is 11.3 Å². The summed E-state index contributed by atoms with van der Waals surface area (Å²) >= 11 is 1.64. The summed E-state index contributed by atoms with van der Waals surface area (Å²) in [5, 5.41) is 9.62. The third-order valence-corrected chi connectivity index (χ3v) is 6.12. The molecule has 2 unspecified atom stereocenters. The average molecular weight is 321 g/mol. The van der Waals surface area contributed by atoms with Gasteiger partial charge in [0.2, 0.25) is 0 Å². The third-order valence-electron chi connectivity index (χ3n) is 5.12. The Labute approximate surface area is 137 Å². The minimum absolute atomic E-state index is 0.00402. The van der Waals surface area contributed by atoms with Crippen molar-refractivity contribution in [3.8, 4) is 0 Å². The van der Waals surface area contributed by atoms with Crippen LogP contribution in [0, 0.1) is 5.92 Å². The van der Waals surface area contributed by atoms with E-state index >= 15 is 0 Å². The second kappa shape index (κ2) is 7.55.